The lowest BCUT2D eigenvalue weighted by atomic mass is 9.69. The van der Waals surface area contributed by atoms with Gasteiger partial charge in [0.1, 0.15) is 24.1 Å². The Bertz CT molecular complexity index is 2330. The number of amides is 3. The van der Waals surface area contributed by atoms with E-state index in [4.69, 9.17) is 9.47 Å². The van der Waals surface area contributed by atoms with E-state index < -0.39 is 11.9 Å². The molecular weight excluding hydrogens is 767 g/mol. The van der Waals surface area contributed by atoms with Gasteiger partial charge in [0, 0.05) is 68.4 Å². The van der Waals surface area contributed by atoms with Crippen LogP contribution in [0.15, 0.2) is 84.9 Å². The number of nitrogens with one attached hydrogen (secondary N) is 1. The van der Waals surface area contributed by atoms with E-state index in [0.717, 1.165) is 95.0 Å². The van der Waals surface area contributed by atoms with Crippen LogP contribution in [0.3, 0.4) is 0 Å². The van der Waals surface area contributed by atoms with Crippen LogP contribution >= 0.6 is 0 Å². The summed E-state index contributed by atoms with van der Waals surface area (Å²) in [6.45, 7) is 7.51. The second-order valence-corrected chi connectivity index (χ2v) is 18.7. The van der Waals surface area contributed by atoms with Crippen molar-refractivity contribution in [2.24, 2.45) is 5.92 Å². The number of nitrogens with zero attached hydrogens (tertiary/aromatic N) is 4. The van der Waals surface area contributed by atoms with E-state index in [2.05, 4.69) is 80.7 Å². The molecule has 7 aliphatic rings. The number of hydrogen-bond acceptors (Lipinski definition) is 9. The van der Waals surface area contributed by atoms with Crippen molar-refractivity contribution in [1.82, 2.24) is 15.1 Å². The molecule has 4 fully saturated rings. The topological polar surface area (TPSA) is 115 Å². The number of fused-ring (bicyclic) bond motifs is 6. The summed E-state index contributed by atoms with van der Waals surface area (Å²) in [7, 11) is 0. The molecule has 4 saturated heterocycles. The first kappa shape index (κ1) is 38.5. The van der Waals surface area contributed by atoms with Crippen LogP contribution in [0.1, 0.15) is 95.0 Å². The summed E-state index contributed by atoms with van der Waals surface area (Å²) in [5, 5.41) is 12.7. The van der Waals surface area contributed by atoms with Crippen LogP contribution < -0.4 is 19.9 Å². The number of hydrogen-bond donors (Lipinski definition) is 2. The van der Waals surface area contributed by atoms with Crippen molar-refractivity contribution in [2.45, 2.75) is 87.4 Å². The minimum Gasteiger partial charge on any atom is -0.508 e. The zero-order valence-corrected chi connectivity index (χ0v) is 34.8. The Morgan fingerprint density at radius 2 is 1.62 bits per heavy atom. The molecule has 0 bridgehead atoms. The average Bonchev–Trinajstić information content (AvgIpc) is 3.63. The molecule has 11 nitrogen and oxygen atoms in total. The van der Waals surface area contributed by atoms with Crippen molar-refractivity contribution in [2.75, 3.05) is 62.3 Å². The summed E-state index contributed by atoms with van der Waals surface area (Å²) in [6.07, 6.45) is 7.03. The van der Waals surface area contributed by atoms with Gasteiger partial charge in [0.15, 0.2) is 0 Å². The van der Waals surface area contributed by atoms with Gasteiger partial charge in [0.05, 0.1) is 30.5 Å². The molecule has 1 spiro atoms. The van der Waals surface area contributed by atoms with Gasteiger partial charge >= 0.3 is 0 Å². The van der Waals surface area contributed by atoms with Gasteiger partial charge in [-0.25, -0.2) is 0 Å². The van der Waals surface area contributed by atoms with Crippen molar-refractivity contribution in [1.29, 1.82) is 0 Å². The molecule has 0 saturated carbocycles. The maximum atomic E-state index is 13.4. The number of carbonyl (C=O) groups is 3. The number of piperazine rings is 1. The molecule has 4 aromatic carbocycles. The number of rotatable bonds is 6. The molecule has 2 unspecified atom stereocenters. The van der Waals surface area contributed by atoms with Gasteiger partial charge in [0.2, 0.25) is 11.8 Å². The van der Waals surface area contributed by atoms with E-state index in [1.807, 2.05) is 24.3 Å². The van der Waals surface area contributed by atoms with Crippen LogP contribution in [0, 0.1) is 5.92 Å². The van der Waals surface area contributed by atoms with Crippen LogP contribution in [0.2, 0.25) is 0 Å². The summed E-state index contributed by atoms with van der Waals surface area (Å²) in [5.41, 5.74) is 9.05. The number of aromatic hydroxyl groups is 1. The van der Waals surface area contributed by atoms with Gasteiger partial charge in [0.25, 0.3) is 5.91 Å². The molecule has 11 rings (SSSR count). The number of phenols is 1. The standard InChI is InChI=1S/C50H55N5O6/c56-38-11-13-40-35(26-38)8-12-39(33-4-2-1-3-5-33)46(40)34-6-9-36(10-7-34)53-22-20-50(21-23-53)19-18-32(30-61-50)27-52-24-25-54-37(28-52)31-60-47-42-29-55(44-16-17-45(57)51-48(44)58)49(59)41(42)14-15-43(47)54/h1-7,9-11,13-15,26,32,37,39,44,46,56H,8,12,16-25,27-31H2,(H,51,57,58)/t32?,37-,39-,44?,46+/m1/s1. The van der Waals surface area contributed by atoms with Crippen molar-refractivity contribution in [3.05, 3.63) is 118 Å². The summed E-state index contributed by atoms with van der Waals surface area (Å²) in [6, 6.07) is 29.7. The number of phenolic OH excluding ortho intramolecular Hbond substituents is 1. The summed E-state index contributed by atoms with van der Waals surface area (Å²) in [5.74, 6) is 1.43. The predicted octanol–water partition coefficient (Wildman–Crippen LogP) is 6.36. The molecule has 1 aliphatic carbocycles. The molecule has 4 aromatic rings. The van der Waals surface area contributed by atoms with Gasteiger partial charge < -0.3 is 29.3 Å². The van der Waals surface area contributed by atoms with E-state index in [9.17, 15) is 19.5 Å². The Kier molecular flexibility index (Phi) is 9.79. The highest BCUT2D eigenvalue weighted by Gasteiger charge is 2.44. The summed E-state index contributed by atoms with van der Waals surface area (Å²) < 4.78 is 13.3. The van der Waals surface area contributed by atoms with Crippen molar-refractivity contribution >= 4 is 29.1 Å². The lowest BCUT2D eigenvalue weighted by molar-refractivity contribution is -0.136. The average molecular weight is 822 g/mol. The largest absolute Gasteiger partial charge is 0.508 e. The fourth-order valence-electron chi connectivity index (χ4n) is 11.9. The van der Waals surface area contributed by atoms with Gasteiger partial charge in [-0.1, -0.05) is 48.5 Å². The van der Waals surface area contributed by atoms with Crippen LogP contribution in [0.5, 0.6) is 11.5 Å². The fourth-order valence-corrected chi connectivity index (χ4v) is 11.9. The molecule has 2 N–H and O–H groups in total. The molecule has 3 amide bonds. The van der Waals surface area contributed by atoms with Crippen molar-refractivity contribution in [3.63, 3.8) is 0 Å². The van der Waals surface area contributed by atoms with Gasteiger partial charge in [-0.3, -0.25) is 24.6 Å². The van der Waals surface area contributed by atoms with Crippen LogP contribution in [0.25, 0.3) is 0 Å². The lowest BCUT2D eigenvalue weighted by Gasteiger charge is -2.49. The first-order valence-electron chi connectivity index (χ1n) is 22.6. The smallest absolute Gasteiger partial charge is 0.255 e. The maximum Gasteiger partial charge on any atom is 0.255 e. The zero-order valence-electron chi connectivity index (χ0n) is 34.8. The highest BCUT2D eigenvalue weighted by atomic mass is 16.5. The number of imide groups is 1. The van der Waals surface area contributed by atoms with E-state index in [0.29, 0.717) is 42.7 Å². The van der Waals surface area contributed by atoms with Crippen molar-refractivity contribution in [3.8, 4) is 11.5 Å². The number of ether oxygens (including phenoxy) is 2. The summed E-state index contributed by atoms with van der Waals surface area (Å²) >= 11 is 0. The van der Waals surface area contributed by atoms with Gasteiger partial charge in [-0.2, -0.15) is 0 Å². The van der Waals surface area contributed by atoms with Gasteiger partial charge in [-0.15, -0.1) is 0 Å². The third-order valence-corrected chi connectivity index (χ3v) is 15.2. The minimum absolute atomic E-state index is 0.0255. The van der Waals surface area contributed by atoms with E-state index >= 15 is 0 Å². The molecular formula is C50H55N5O6. The Labute approximate surface area is 357 Å². The lowest BCUT2D eigenvalue weighted by Crippen LogP contribution is -2.58. The Hall–Kier alpha value is -5.39. The summed E-state index contributed by atoms with van der Waals surface area (Å²) in [4.78, 5) is 46.9. The molecule has 6 aliphatic heterocycles. The molecule has 5 atom stereocenters. The minimum atomic E-state index is -0.637. The van der Waals surface area contributed by atoms with Crippen LogP contribution in [-0.4, -0.2) is 103 Å². The highest BCUT2D eigenvalue weighted by molar-refractivity contribution is 6.06. The SMILES string of the molecule is O=C1CCC(N2Cc3c(ccc4c3OC[C@H]3CN(CC5CCC6(CCN(c7ccc([C@@H]8c9ccc(O)cc9CC[C@@H]8c8ccccc8)cc7)CC6)OC5)CCN43)C2=O)C(=O)N1. The van der Waals surface area contributed by atoms with Crippen LogP contribution in [-0.2, 0) is 27.3 Å². The van der Waals surface area contributed by atoms with E-state index in [1.165, 1.54) is 34.4 Å². The molecule has 0 radical (unpaired) electrons. The third-order valence-electron chi connectivity index (χ3n) is 15.2. The number of aryl methyl sites for hydroxylation is 1. The number of carbonyl (C=O) groups excluding carboxylic acids is 3. The first-order valence-corrected chi connectivity index (χ1v) is 22.6. The number of anilines is 2. The maximum absolute atomic E-state index is 13.4. The highest BCUT2D eigenvalue weighted by Crippen LogP contribution is 2.48. The molecule has 6 heterocycles. The normalized spacial score (nSPS) is 27.2. The number of benzene rings is 4. The van der Waals surface area contributed by atoms with E-state index in [-0.39, 0.29) is 35.8 Å². The van der Waals surface area contributed by atoms with Crippen LogP contribution in [0.4, 0.5) is 11.4 Å². The quantitative estimate of drug-likeness (QED) is 0.215. The van der Waals surface area contributed by atoms with E-state index in [1.54, 1.807) is 4.90 Å². The first-order chi connectivity index (χ1) is 29.8. The monoisotopic (exact) mass is 821 g/mol. The Morgan fingerprint density at radius 3 is 2.41 bits per heavy atom. The van der Waals surface area contributed by atoms with Crippen molar-refractivity contribution < 1.29 is 29.0 Å². The fraction of sp³-hybridized carbons (Fsp3) is 0.460. The second kappa shape index (κ2) is 15.5. The van der Waals surface area contributed by atoms with Gasteiger partial charge in [-0.05, 0) is 115 Å². The Morgan fingerprint density at radius 1 is 0.787 bits per heavy atom. The zero-order chi connectivity index (χ0) is 41.2. The molecule has 11 heteroatoms. The number of piperidine rings is 2. The molecule has 0 aromatic heterocycles. The second-order valence-electron chi connectivity index (χ2n) is 18.7. The third kappa shape index (κ3) is 7.03. The molecule has 316 valence electrons. The predicted molar refractivity (Wildman–Crippen MR) is 232 cm³/mol. The molecule has 61 heavy (non-hydrogen) atoms. The Balaban J connectivity index is 0.681.